The van der Waals surface area contributed by atoms with E-state index in [1.54, 1.807) is 11.3 Å². The van der Waals surface area contributed by atoms with E-state index in [1.807, 2.05) is 0 Å². The summed E-state index contributed by atoms with van der Waals surface area (Å²) in [4.78, 5) is 10.9. The molecule has 1 aliphatic carbocycles. The molecule has 0 spiro atoms. The number of hydrogen-bond acceptors (Lipinski definition) is 4. The summed E-state index contributed by atoms with van der Waals surface area (Å²) in [5.41, 5.74) is 0. The molecule has 0 aromatic carbocycles. The topological polar surface area (TPSA) is 37.8 Å². The van der Waals surface area contributed by atoms with Crippen molar-refractivity contribution < 1.29 is 0 Å². The molecule has 0 atom stereocenters. The summed E-state index contributed by atoms with van der Waals surface area (Å²) in [6, 6.07) is 2.14. The van der Waals surface area contributed by atoms with Gasteiger partial charge in [-0.1, -0.05) is 32.6 Å². The summed E-state index contributed by atoms with van der Waals surface area (Å²) in [7, 11) is 0. The molecular formula is C16H22ClN3S. The van der Waals surface area contributed by atoms with E-state index in [0.717, 1.165) is 34.4 Å². The molecule has 2 heterocycles. The average molecular weight is 324 g/mol. The zero-order valence-corrected chi connectivity index (χ0v) is 14.2. The summed E-state index contributed by atoms with van der Waals surface area (Å²) in [5, 5.41) is 4.90. The molecule has 2 aromatic rings. The van der Waals surface area contributed by atoms with Crippen LogP contribution < -0.4 is 5.32 Å². The third kappa shape index (κ3) is 3.67. The first-order valence-corrected chi connectivity index (χ1v) is 8.99. The van der Waals surface area contributed by atoms with E-state index in [1.165, 1.54) is 37.0 Å². The predicted molar refractivity (Wildman–Crippen MR) is 91.4 cm³/mol. The molecule has 0 amide bonds. The molecule has 1 N–H and O–H groups in total. The van der Waals surface area contributed by atoms with Gasteiger partial charge < -0.3 is 5.32 Å². The average Bonchev–Trinajstić information content (AvgIpc) is 2.81. The standard InChI is InChI=1S/C16H22ClN3S/c1-10-3-5-12(6-4-10)7-8-18-14-13-9-11(2)21-15(13)20-16(17)19-14/h9-10,12H,3-8H2,1-2H3,(H,18,19,20). The van der Waals surface area contributed by atoms with Gasteiger partial charge in [-0.2, -0.15) is 0 Å². The van der Waals surface area contributed by atoms with E-state index in [0.29, 0.717) is 5.28 Å². The lowest BCUT2D eigenvalue weighted by atomic mass is 9.81. The van der Waals surface area contributed by atoms with Crippen LogP contribution in [0.25, 0.3) is 10.2 Å². The van der Waals surface area contributed by atoms with Gasteiger partial charge in [-0.15, -0.1) is 11.3 Å². The number of aromatic nitrogens is 2. The molecule has 0 saturated heterocycles. The molecule has 3 rings (SSSR count). The highest BCUT2D eigenvalue weighted by Gasteiger charge is 2.18. The van der Waals surface area contributed by atoms with E-state index < -0.39 is 0 Å². The number of thiophene rings is 1. The van der Waals surface area contributed by atoms with Crippen molar-refractivity contribution in [1.82, 2.24) is 9.97 Å². The van der Waals surface area contributed by atoms with Crippen LogP contribution in [-0.4, -0.2) is 16.5 Å². The molecule has 0 unspecified atom stereocenters. The second-order valence-electron chi connectivity index (χ2n) is 6.26. The Morgan fingerprint density at radius 3 is 2.81 bits per heavy atom. The van der Waals surface area contributed by atoms with Gasteiger partial charge in [0.25, 0.3) is 0 Å². The normalized spacial score (nSPS) is 22.6. The Morgan fingerprint density at radius 2 is 2.05 bits per heavy atom. The third-order valence-corrected chi connectivity index (χ3v) is 5.58. The van der Waals surface area contributed by atoms with E-state index in [2.05, 4.69) is 35.2 Å². The molecule has 1 saturated carbocycles. The van der Waals surface area contributed by atoms with Gasteiger partial charge in [0, 0.05) is 11.4 Å². The van der Waals surface area contributed by atoms with Crippen molar-refractivity contribution in [3.8, 4) is 0 Å². The molecule has 21 heavy (non-hydrogen) atoms. The smallest absolute Gasteiger partial charge is 0.225 e. The molecule has 2 aromatic heterocycles. The summed E-state index contributed by atoms with van der Waals surface area (Å²) in [5.74, 6) is 2.67. The number of anilines is 1. The van der Waals surface area contributed by atoms with Crippen LogP contribution in [0.3, 0.4) is 0 Å². The fourth-order valence-electron chi connectivity index (χ4n) is 3.16. The van der Waals surface area contributed by atoms with Crippen molar-refractivity contribution in [3.63, 3.8) is 0 Å². The molecule has 1 fully saturated rings. The first kappa shape index (κ1) is 15.0. The number of nitrogens with zero attached hydrogens (tertiary/aromatic N) is 2. The van der Waals surface area contributed by atoms with Gasteiger partial charge in [0.1, 0.15) is 10.6 Å². The van der Waals surface area contributed by atoms with Crippen LogP contribution in [0.1, 0.15) is 43.9 Å². The monoisotopic (exact) mass is 323 g/mol. The summed E-state index contributed by atoms with van der Waals surface area (Å²) in [6.07, 6.45) is 6.75. The maximum absolute atomic E-state index is 6.02. The molecule has 114 valence electrons. The van der Waals surface area contributed by atoms with Gasteiger partial charge >= 0.3 is 0 Å². The van der Waals surface area contributed by atoms with Crippen molar-refractivity contribution in [2.75, 3.05) is 11.9 Å². The fourth-order valence-corrected chi connectivity index (χ4v) is 4.26. The Labute approximate surface area is 135 Å². The van der Waals surface area contributed by atoms with Gasteiger partial charge in [-0.3, -0.25) is 0 Å². The number of nitrogens with one attached hydrogen (secondary N) is 1. The van der Waals surface area contributed by atoms with Crippen molar-refractivity contribution in [3.05, 3.63) is 16.2 Å². The number of hydrogen-bond donors (Lipinski definition) is 1. The van der Waals surface area contributed by atoms with Crippen LogP contribution in [0.2, 0.25) is 5.28 Å². The molecule has 1 aliphatic rings. The SMILES string of the molecule is Cc1cc2c(NCCC3CCC(C)CC3)nc(Cl)nc2s1. The van der Waals surface area contributed by atoms with Crippen molar-refractivity contribution in [1.29, 1.82) is 0 Å². The molecular weight excluding hydrogens is 302 g/mol. The van der Waals surface area contributed by atoms with Gasteiger partial charge in [0.05, 0.1) is 5.39 Å². The lowest BCUT2D eigenvalue weighted by Gasteiger charge is -2.26. The Morgan fingerprint density at radius 1 is 1.29 bits per heavy atom. The van der Waals surface area contributed by atoms with Crippen molar-refractivity contribution in [2.45, 2.75) is 46.0 Å². The van der Waals surface area contributed by atoms with E-state index in [-0.39, 0.29) is 0 Å². The Kier molecular flexibility index (Phi) is 4.65. The van der Waals surface area contributed by atoms with E-state index in [4.69, 9.17) is 11.6 Å². The van der Waals surface area contributed by atoms with Crippen LogP contribution >= 0.6 is 22.9 Å². The molecule has 0 bridgehead atoms. The lowest BCUT2D eigenvalue weighted by molar-refractivity contribution is 0.282. The quantitative estimate of drug-likeness (QED) is 0.778. The van der Waals surface area contributed by atoms with E-state index >= 15 is 0 Å². The second kappa shape index (κ2) is 6.49. The maximum atomic E-state index is 6.02. The Bertz CT molecular complexity index is 617. The van der Waals surface area contributed by atoms with Crippen LogP contribution in [0, 0.1) is 18.8 Å². The Balaban J connectivity index is 1.62. The maximum Gasteiger partial charge on any atom is 0.225 e. The number of aryl methyl sites for hydroxylation is 1. The largest absolute Gasteiger partial charge is 0.369 e. The van der Waals surface area contributed by atoms with E-state index in [9.17, 15) is 0 Å². The van der Waals surface area contributed by atoms with Gasteiger partial charge in [-0.05, 0) is 42.8 Å². The summed E-state index contributed by atoms with van der Waals surface area (Å²) in [6.45, 7) is 5.43. The first-order valence-electron chi connectivity index (χ1n) is 7.79. The van der Waals surface area contributed by atoms with Crippen LogP contribution in [0.5, 0.6) is 0 Å². The fraction of sp³-hybridized carbons (Fsp3) is 0.625. The summed E-state index contributed by atoms with van der Waals surface area (Å²) >= 11 is 7.69. The van der Waals surface area contributed by atoms with Crippen LogP contribution in [-0.2, 0) is 0 Å². The molecule has 0 aliphatic heterocycles. The van der Waals surface area contributed by atoms with Gasteiger partial charge in [-0.25, -0.2) is 9.97 Å². The second-order valence-corrected chi connectivity index (χ2v) is 7.83. The minimum absolute atomic E-state index is 0.332. The number of fused-ring (bicyclic) bond motifs is 1. The highest BCUT2D eigenvalue weighted by molar-refractivity contribution is 7.18. The molecule has 3 nitrogen and oxygen atoms in total. The highest BCUT2D eigenvalue weighted by atomic mass is 35.5. The minimum atomic E-state index is 0.332. The van der Waals surface area contributed by atoms with Gasteiger partial charge in [0.15, 0.2) is 0 Å². The highest BCUT2D eigenvalue weighted by Crippen LogP contribution is 2.32. The molecule has 5 heteroatoms. The number of rotatable bonds is 4. The third-order valence-electron chi connectivity index (χ3n) is 4.47. The zero-order chi connectivity index (χ0) is 14.8. The number of halogens is 1. The molecule has 0 radical (unpaired) electrons. The van der Waals surface area contributed by atoms with Crippen molar-refractivity contribution >= 4 is 39.0 Å². The predicted octanol–water partition coefficient (Wildman–Crippen LogP) is 5.28. The minimum Gasteiger partial charge on any atom is -0.369 e. The Hall–Kier alpha value is -0.870. The van der Waals surface area contributed by atoms with Crippen LogP contribution in [0.4, 0.5) is 5.82 Å². The van der Waals surface area contributed by atoms with Gasteiger partial charge in [0.2, 0.25) is 5.28 Å². The lowest BCUT2D eigenvalue weighted by Crippen LogP contribution is -2.16. The first-order chi connectivity index (χ1) is 10.1. The van der Waals surface area contributed by atoms with Crippen molar-refractivity contribution in [2.24, 2.45) is 11.8 Å². The summed E-state index contributed by atoms with van der Waals surface area (Å²) < 4.78 is 0. The zero-order valence-electron chi connectivity index (χ0n) is 12.7. The van der Waals surface area contributed by atoms with Crippen LogP contribution in [0.15, 0.2) is 6.07 Å².